The van der Waals surface area contributed by atoms with E-state index in [4.69, 9.17) is 25.0 Å². The first-order valence-corrected chi connectivity index (χ1v) is 15.2. The molecule has 0 saturated heterocycles. The van der Waals surface area contributed by atoms with Crippen molar-refractivity contribution >= 4 is 75.8 Å². The van der Waals surface area contributed by atoms with Crippen LogP contribution in [0.25, 0.3) is 109 Å². The van der Waals surface area contributed by atoms with E-state index in [0.29, 0.717) is 0 Å². The van der Waals surface area contributed by atoms with Gasteiger partial charge in [-0.05, 0) is 130 Å². The molecular weight excluding hydrogens is 617 g/mol. The summed E-state index contributed by atoms with van der Waals surface area (Å²) in [5, 5.41) is -6.88. The maximum atomic E-state index is 9.96. The third-order valence-corrected chi connectivity index (χ3v) is 8.49. The van der Waals surface area contributed by atoms with Crippen molar-refractivity contribution in [2.24, 2.45) is 0 Å². The van der Waals surface area contributed by atoms with Gasteiger partial charge < -0.3 is 4.42 Å². The molecule has 0 saturated carbocycles. The molecule has 1 heteroatoms. The van der Waals surface area contributed by atoms with Gasteiger partial charge in [0.15, 0.2) is 0 Å². The highest BCUT2D eigenvalue weighted by molar-refractivity contribution is 6.23. The van der Waals surface area contributed by atoms with Gasteiger partial charge in [0, 0.05) is 10.8 Å². The molecule has 11 rings (SSSR count). The first-order chi connectivity index (χ1) is 37.4. The molecule has 0 N–H and O–H groups in total. The van der Waals surface area contributed by atoms with Crippen molar-refractivity contribution in [1.29, 1.82) is 0 Å². The molecule has 1 aromatic heterocycles. The molecule has 236 valence electrons. The Morgan fingerprint density at radius 2 is 0.745 bits per heavy atom. The fourth-order valence-electron chi connectivity index (χ4n) is 6.24. The van der Waals surface area contributed by atoms with Crippen LogP contribution in [-0.4, -0.2) is 0 Å². The quantitative estimate of drug-likeness (QED) is 0.170. The Kier molecular flexibility index (Phi) is 2.56. The minimum atomic E-state index is -1.03. The second kappa shape index (κ2) is 10.9. The molecule has 11 aromatic rings. The van der Waals surface area contributed by atoms with Crippen LogP contribution in [-0.2, 0) is 0 Å². The standard InChI is InChI=1S/C50H30O/c1-3-11-33-25-39(19-17-31(33)9-1)49-42-15-7-8-16-43(42)50(40-20-18-32-10-2-4-12-34(32)26-40)46-28-37(22-24-44(46)49)38-21-23-41-45-27-35-13-5-6-14-36(35)29-48(45)51-47(41)30-38/h1-30H/i1D,2D,3D,4D,5D,6D,7D,8D,9D,10D,11D,12D,13D,14D,15D,16D,17D,18D,19D,20D,21D,22D,23D,24D,25D,26D,27D,29D,30D. The van der Waals surface area contributed by atoms with Crippen molar-refractivity contribution in [3.63, 3.8) is 0 Å². The lowest BCUT2D eigenvalue weighted by Crippen LogP contribution is -1.92. The lowest BCUT2D eigenvalue weighted by molar-refractivity contribution is 0.669. The molecule has 51 heavy (non-hydrogen) atoms. The van der Waals surface area contributed by atoms with E-state index < -0.39 is 284 Å². The van der Waals surface area contributed by atoms with Gasteiger partial charge in [0.1, 0.15) is 11.2 Å². The van der Waals surface area contributed by atoms with E-state index in [9.17, 15) is 19.2 Å². The molecule has 10 aromatic carbocycles. The van der Waals surface area contributed by atoms with Crippen LogP contribution in [0.1, 0.15) is 39.8 Å². The van der Waals surface area contributed by atoms with Crippen LogP contribution >= 0.6 is 0 Å². The van der Waals surface area contributed by atoms with E-state index in [0.717, 1.165) is 6.07 Å². The van der Waals surface area contributed by atoms with Crippen molar-refractivity contribution in [1.82, 2.24) is 0 Å². The molecular formula is C50H30O. The lowest BCUT2D eigenvalue weighted by Gasteiger charge is -2.19. The second-order valence-electron chi connectivity index (χ2n) is 11.4. The van der Waals surface area contributed by atoms with Crippen molar-refractivity contribution in [3.05, 3.63) is 181 Å². The molecule has 0 bridgehead atoms. The minimum Gasteiger partial charge on any atom is -0.456 e. The highest BCUT2D eigenvalue weighted by Gasteiger charge is 2.19. The predicted octanol–water partition coefficient (Wildman–Crippen LogP) is 14.4. The topological polar surface area (TPSA) is 13.1 Å². The van der Waals surface area contributed by atoms with E-state index in [1.165, 1.54) is 0 Å². The van der Waals surface area contributed by atoms with E-state index in [1.807, 2.05) is 0 Å². The highest BCUT2D eigenvalue weighted by atomic mass is 16.3. The maximum Gasteiger partial charge on any atom is 0.136 e. The number of benzene rings is 10. The normalized spacial score (nSPS) is 19.9. The van der Waals surface area contributed by atoms with Gasteiger partial charge in [-0.25, -0.2) is 0 Å². The van der Waals surface area contributed by atoms with E-state index in [1.54, 1.807) is 0 Å². The van der Waals surface area contributed by atoms with Crippen LogP contribution < -0.4 is 0 Å². The molecule has 0 aliphatic carbocycles. The lowest BCUT2D eigenvalue weighted by atomic mass is 9.84. The summed E-state index contributed by atoms with van der Waals surface area (Å²) in [5.41, 5.74) is -5.39. The molecule has 0 amide bonds. The van der Waals surface area contributed by atoms with E-state index in [2.05, 4.69) is 0 Å². The number of hydrogen-bond donors (Lipinski definition) is 0. The molecule has 0 spiro atoms. The summed E-state index contributed by atoms with van der Waals surface area (Å²) in [6, 6.07) is -24.3. The Morgan fingerprint density at radius 3 is 1.39 bits per heavy atom. The molecule has 1 nitrogen and oxygen atoms in total. The predicted molar refractivity (Wildman–Crippen MR) is 218 cm³/mol. The molecule has 0 unspecified atom stereocenters. The Hall–Kier alpha value is -6.70. The zero-order valence-corrected chi connectivity index (χ0v) is 25.5. The molecule has 0 aliphatic rings. The van der Waals surface area contributed by atoms with Gasteiger partial charge in [0.25, 0.3) is 0 Å². The first kappa shape index (κ1) is 12.0. The van der Waals surface area contributed by atoms with Crippen LogP contribution in [0.5, 0.6) is 0 Å². The fourth-order valence-corrected chi connectivity index (χ4v) is 6.24. The SMILES string of the molecule is [2H]c1c(-c2c([2H])c([2H])c3c(oc4c([2H])c5c([2H])c([2H])c([2H])c([2H])c5c([2H])c43)c2[2H])cc2c(-c3c([2H])c([2H])c4c([2H])c([2H])c([2H])c([2H])c4c3[2H])c3c([2H])c([2H])c([2H])c([2H])c3c(-c3c([2H])c([2H])c4c([2H])c([2H])c([2H])c([2H])c4c3[2H])c2c1[2H]. The smallest absolute Gasteiger partial charge is 0.136 e. The molecule has 0 fully saturated rings. The van der Waals surface area contributed by atoms with Crippen molar-refractivity contribution < 1.29 is 44.2 Å². The zero-order chi connectivity index (χ0) is 58.7. The summed E-state index contributed by atoms with van der Waals surface area (Å²) in [7, 11) is 0. The third kappa shape index (κ3) is 4.42. The minimum absolute atomic E-state index is 0.391. The van der Waals surface area contributed by atoms with Gasteiger partial charge in [0.05, 0.1) is 39.8 Å². The largest absolute Gasteiger partial charge is 0.456 e. The summed E-state index contributed by atoms with van der Waals surface area (Å²) in [5.74, 6) is 0. The summed E-state index contributed by atoms with van der Waals surface area (Å²) < 4.78 is 269. The zero-order valence-electron chi connectivity index (χ0n) is 54.5. The monoisotopic (exact) mass is 675 g/mol. The van der Waals surface area contributed by atoms with Crippen LogP contribution in [0.3, 0.4) is 0 Å². The molecule has 0 aliphatic heterocycles. The fraction of sp³-hybridized carbons (Fsp3) is 0. The number of hydrogen-bond acceptors (Lipinski definition) is 1. The number of furan rings is 1. The van der Waals surface area contributed by atoms with Crippen molar-refractivity contribution in [2.45, 2.75) is 0 Å². The maximum absolute atomic E-state index is 9.96. The average molecular weight is 676 g/mol. The second-order valence-corrected chi connectivity index (χ2v) is 11.4. The Morgan fingerprint density at radius 1 is 0.294 bits per heavy atom. The summed E-state index contributed by atoms with van der Waals surface area (Å²) in [6.07, 6.45) is 0. The van der Waals surface area contributed by atoms with Gasteiger partial charge in [-0.15, -0.1) is 0 Å². The van der Waals surface area contributed by atoms with Gasteiger partial charge in [-0.3, -0.25) is 0 Å². The summed E-state index contributed by atoms with van der Waals surface area (Å²) in [4.78, 5) is 0. The van der Waals surface area contributed by atoms with Gasteiger partial charge in [0.2, 0.25) is 0 Å². The van der Waals surface area contributed by atoms with Gasteiger partial charge in [-0.1, -0.05) is 139 Å². The molecule has 1 heterocycles. The Bertz CT molecular complexity index is 4870. The average Bonchev–Trinajstić information content (AvgIpc) is 3.90. The van der Waals surface area contributed by atoms with Gasteiger partial charge >= 0.3 is 0 Å². The molecule has 0 atom stereocenters. The van der Waals surface area contributed by atoms with Crippen molar-refractivity contribution in [3.8, 4) is 33.4 Å². The first-order valence-electron chi connectivity index (χ1n) is 29.7. The Balaban J connectivity index is 1.43. The van der Waals surface area contributed by atoms with Crippen LogP contribution in [0.15, 0.2) is 186 Å². The number of fused-ring (bicyclic) bond motifs is 8. The number of rotatable bonds is 3. The van der Waals surface area contributed by atoms with Crippen LogP contribution in [0.4, 0.5) is 0 Å². The Labute approximate surface area is 335 Å². The van der Waals surface area contributed by atoms with Crippen LogP contribution in [0, 0.1) is 0 Å². The summed E-state index contributed by atoms with van der Waals surface area (Å²) >= 11 is 0. The molecule has 0 radical (unpaired) electrons. The van der Waals surface area contributed by atoms with Crippen LogP contribution in [0.2, 0.25) is 0 Å². The third-order valence-electron chi connectivity index (χ3n) is 8.49. The van der Waals surface area contributed by atoms with E-state index in [-0.39, 0.29) is 0 Å². The van der Waals surface area contributed by atoms with Crippen molar-refractivity contribution in [2.75, 3.05) is 0 Å². The summed E-state index contributed by atoms with van der Waals surface area (Å²) in [6.45, 7) is 0. The van der Waals surface area contributed by atoms with E-state index >= 15 is 0 Å². The van der Waals surface area contributed by atoms with Gasteiger partial charge in [-0.2, -0.15) is 0 Å². The highest BCUT2D eigenvalue weighted by Crippen LogP contribution is 2.46.